The van der Waals surface area contributed by atoms with Crippen molar-refractivity contribution in [1.29, 1.82) is 0 Å². The number of nitrogens with zero attached hydrogens (tertiary/aromatic N) is 4. The van der Waals surface area contributed by atoms with Gasteiger partial charge >= 0.3 is 6.09 Å². The number of aromatic nitrogens is 2. The second-order valence-corrected chi connectivity index (χ2v) is 9.38. The van der Waals surface area contributed by atoms with Crippen molar-refractivity contribution < 1.29 is 9.53 Å². The van der Waals surface area contributed by atoms with E-state index in [2.05, 4.69) is 40.0 Å². The standard InChI is InChI=1S/C24H33ClN4O2/c1-5-28(15-12-20-10-7-14-29(20)23(30)31-24(2,3)4)17-18-8-6-9-19(16-18)21-11-13-26-22(25)27-21/h6,8-9,11,13,16,20H,5,7,10,12,14-15,17H2,1-4H3. The van der Waals surface area contributed by atoms with Gasteiger partial charge in [-0.15, -0.1) is 0 Å². The van der Waals surface area contributed by atoms with Gasteiger partial charge in [0.2, 0.25) is 5.28 Å². The molecule has 2 heterocycles. The highest BCUT2D eigenvalue weighted by Crippen LogP contribution is 2.24. The first-order valence-electron chi connectivity index (χ1n) is 11.0. The Morgan fingerprint density at radius 1 is 1.32 bits per heavy atom. The second kappa shape index (κ2) is 10.4. The van der Waals surface area contributed by atoms with Crippen LogP contribution in [0.25, 0.3) is 11.3 Å². The Morgan fingerprint density at radius 2 is 2.13 bits per heavy atom. The average Bonchev–Trinajstić information content (AvgIpc) is 3.19. The Bertz CT molecular complexity index is 884. The van der Waals surface area contributed by atoms with Crippen LogP contribution >= 0.6 is 11.6 Å². The maximum absolute atomic E-state index is 12.5. The van der Waals surface area contributed by atoms with Crippen LogP contribution in [0.1, 0.15) is 52.5 Å². The van der Waals surface area contributed by atoms with Crippen molar-refractivity contribution >= 4 is 17.7 Å². The van der Waals surface area contributed by atoms with Crippen molar-refractivity contribution in [2.45, 2.75) is 65.1 Å². The minimum absolute atomic E-state index is 0.186. The molecule has 1 amide bonds. The predicted molar refractivity (Wildman–Crippen MR) is 124 cm³/mol. The highest BCUT2D eigenvalue weighted by Gasteiger charge is 2.32. The van der Waals surface area contributed by atoms with Crippen molar-refractivity contribution in [3.05, 3.63) is 47.4 Å². The van der Waals surface area contributed by atoms with Crippen LogP contribution in [0.3, 0.4) is 0 Å². The van der Waals surface area contributed by atoms with E-state index >= 15 is 0 Å². The first-order valence-corrected chi connectivity index (χ1v) is 11.4. The van der Waals surface area contributed by atoms with Crippen LogP contribution in [0.4, 0.5) is 4.79 Å². The largest absolute Gasteiger partial charge is 0.444 e. The third kappa shape index (κ3) is 6.91. The molecule has 0 saturated carbocycles. The van der Waals surface area contributed by atoms with Crippen molar-refractivity contribution in [1.82, 2.24) is 19.8 Å². The molecule has 31 heavy (non-hydrogen) atoms. The number of halogens is 1. The van der Waals surface area contributed by atoms with Crippen LogP contribution in [0, 0.1) is 0 Å². The summed E-state index contributed by atoms with van der Waals surface area (Å²) in [5.74, 6) is 0. The summed E-state index contributed by atoms with van der Waals surface area (Å²) in [6.07, 6.45) is 4.52. The van der Waals surface area contributed by atoms with Gasteiger partial charge in [-0.1, -0.05) is 25.1 Å². The molecular weight excluding hydrogens is 412 g/mol. The van der Waals surface area contributed by atoms with Gasteiger partial charge in [-0.25, -0.2) is 14.8 Å². The fraction of sp³-hybridized carbons (Fsp3) is 0.542. The van der Waals surface area contributed by atoms with Crippen molar-refractivity contribution in [3.63, 3.8) is 0 Å². The molecule has 3 rings (SSSR count). The summed E-state index contributed by atoms with van der Waals surface area (Å²) in [6, 6.07) is 10.5. The molecule has 1 aliphatic rings. The van der Waals surface area contributed by atoms with Gasteiger partial charge in [0.05, 0.1) is 5.69 Å². The van der Waals surface area contributed by atoms with Crippen molar-refractivity contribution in [3.8, 4) is 11.3 Å². The lowest BCUT2D eigenvalue weighted by atomic mass is 10.1. The molecule has 0 aliphatic carbocycles. The van der Waals surface area contributed by atoms with E-state index < -0.39 is 5.60 Å². The van der Waals surface area contributed by atoms with E-state index in [0.29, 0.717) is 0 Å². The van der Waals surface area contributed by atoms with Crippen LogP contribution in [-0.2, 0) is 11.3 Å². The monoisotopic (exact) mass is 444 g/mol. The third-order valence-electron chi connectivity index (χ3n) is 5.49. The SMILES string of the molecule is CCN(CCC1CCCN1C(=O)OC(C)(C)C)Cc1cccc(-c2ccnc(Cl)n2)c1. The number of hydrogen-bond donors (Lipinski definition) is 0. The fourth-order valence-electron chi connectivity index (χ4n) is 3.96. The number of benzene rings is 1. The van der Waals surface area contributed by atoms with E-state index in [9.17, 15) is 4.79 Å². The van der Waals surface area contributed by atoms with Crippen LogP contribution in [0.15, 0.2) is 36.5 Å². The lowest BCUT2D eigenvalue weighted by Crippen LogP contribution is -2.41. The smallest absolute Gasteiger partial charge is 0.410 e. The Balaban J connectivity index is 1.59. The number of likely N-dealkylation sites (tertiary alicyclic amines) is 1. The molecule has 1 aromatic heterocycles. The van der Waals surface area contributed by atoms with Gasteiger partial charge in [0.15, 0.2) is 0 Å². The van der Waals surface area contributed by atoms with Crippen LogP contribution < -0.4 is 0 Å². The molecule has 1 aliphatic heterocycles. The van der Waals surface area contributed by atoms with Gasteiger partial charge in [-0.3, -0.25) is 4.90 Å². The molecule has 1 saturated heterocycles. The maximum atomic E-state index is 12.5. The molecule has 0 radical (unpaired) electrons. The molecule has 2 aromatic rings. The normalized spacial score (nSPS) is 16.7. The summed E-state index contributed by atoms with van der Waals surface area (Å²) < 4.78 is 5.60. The molecule has 6 nitrogen and oxygen atoms in total. The molecular formula is C24H33ClN4O2. The summed E-state index contributed by atoms with van der Waals surface area (Å²) >= 11 is 5.95. The zero-order valence-electron chi connectivity index (χ0n) is 19.0. The molecule has 0 spiro atoms. The van der Waals surface area contributed by atoms with Gasteiger partial charge in [-0.05, 0) is 75.9 Å². The number of hydrogen-bond acceptors (Lipinski definition) is 5. The maximum Gasteiger partial charge on any atom is 0.410 e. The number of carbonyl (C=O) groups is 1. The second-order valence-electron chi connectivity index (χ2n) is 9.04. The van der Waals surface area contributed by atoms with Crippen LogP contribution in [0.5, 0.6) is 0 Å². The zero-order chi connectivity index (χ0) is 22.4. The van der Waals surface area contributed by atoms with E-state index in [1.54, 1.807) is 6.20 Å². The molecule has 1 unspecified atom stereocenters. The summed E-state index contributed by atoms with van der Waals surface area (Å²) in [5.41, 5.74) is 2.62. The summed E-state index contributed by atoms with van der Waals surface area (Å²) in [5, 5.41) is 0.254. The highest BCUT2D eigenvalue weighted by atomic mass is 35.5. The summed E-state index contributed by atoms with van der Waals surface area (Å²) in [7, 11) is 0. The molecule has 1 fully saturated rings. The molecule has 0 N–H and O–H groups in total. The number of amides is 1. The van der Waals surface area contributed by atoms with E-state index in [1.807, 2.05) is 37.8 Å². The van der Waals surface area contributed by atoms with E-state index in [1.165, 1.54) is 5.56 Å². The Kier molecular flexibility index (Phi) is 7.89. The summed E-state index contributed by atoms with van der Waals surface area (Å²) in [6.45, 7) is 11.4. The van der Waals surface area contributed by atoms with Crippen molar-refractivity contribution in [2.75, 3.05) is 19.6 Å². The Labute approximate surface area is 190 Å². The molecule has 1 atom stereocenters. The van der Waals surface area contributed by atoms with E-state index in [4.69, 9.17) is 16.3 Å². The lowest BCUT2D eigenvalue weighted by Gasteiger charge is -2.30. The number of carbonyl (C=O) groups excluding carboxylic acids is 1. The molecule has 1 aromatic carbocycles. The highest BCUT2D eigenvalue weighted by molar-refractivity contribution is 6.28. The summed E-state index contributed by atoms with van der Waals surface area (Å²) in [4.78, 5) is 25.1. The van der Waals surface area contributed by atoms with Gasteiger partial charge in [0.1, 0.15) is 5.60 Å². The van der Waals surface area contributed by atoms with Crippen LogP contribution in [-0.4, -0.2) is 57.1 Å². The van der Waals surface area contributed by atoms with E-state index in [-0.39, 0.29) is 17.4 Å². The first-order chi connectivity index (χ1) is 14.7. The first kappa shape index (κ1) is 23.5. The lowest BCUT2D eigenvalue weighted by molar-refractivity contribution is 0.0212. The zero-order valence-corrected chi connectivity index (χ0v) is 19.7. The minimum atomic E-state index is -0.460. The third-order valence-corrected chi connectivity index (χ3v) is 5.67. The fourth-order valence-corrected chi connectivity index (χ4v) is 4.11. The van der Waals surface area contributed by atoms with Gasteiger partial charge in [-0.2, -0.15) is 0 Å². The minimum Gasteiger partial charge on any atom is -0.444 e. The Hall–Kier alpha value is -2.18. The molecule has 0 bridgehead atoms. The number of ether oxygens (including phenoxy) is 1. The number of rotatable bonds is 7. The quantitative estimate of drug-likeness (QED) is 0.534. The van der Waals surface area contributed by atoms with E-state index in [0.717, 1.165) is 56.7 Å². The average molecular weight is 445 g/mol. The van der Waals surface area contributed by atoms with Gasteiger partial charge in [0.25, 0.3) is 0 Å². The Morgan fingerprint density at radius 3 is 2.84 bits per heavy atom. The van der Waals surface area contributed by atoms with Crippen molar-refractivity contribution in [2.24, 2.45) is 0 Å². The molecule has 168 valence electrons. The van der Waals surface area contributed by atoms with Gasteiger partial charge in [0, 0.05) is 37.4 Å². The van der Waals surface area contributed by atoms with Crippen LogP contribution in [0.2, 0.25) is 5.28 Å². The topological polar surface area (TPSA) is 58.6 Å². The predicted octanol–water partition coefficient (Wildman–Crippen LogP) is 5.41. The van der Waals surface area contributed by atoms with Gasteiger partial charge < -0.3 is 9.64 Å². The molecule has 7 heteroatoms.